The highest BCUT2D eigenvalue weighted by Gasteiger charge is 2.24. The zero-order valence-corrected chi connectivity index (χ0v) is 15.3. The molecule has 3 N–H and O–H groups in total. The van der Waals surface area contributed by atoms with Gasteiger partial charge in [0.1, 0.15) is 31.1 Å². The van der Waals surface area contributed by atoms with Gasteiger partial charge in [0, 0.05) is 23.0 Å². The van der Waals surface area contributed by atoms with E-state index in [1.165, 1.54) is 11.8 Å². The molecule has 148 valence electrons. The van der Waals surface area contributed by atoms with Crippen molar-refractivity contribution in [2.24, 2.45) is 5.11 Å². The average molecular weight is 400 g/mol. The molecule has 0 saturated carbocycles. The molecule has 0 aliphatic heterocycles. The lowest BCUT2D eigenvalue weighted by Crippen LogP contribution is -2.46. The molecule has 1 aromatic rings. The summed E-state index contributed by atoms with van der Waals surface area (Å²) in [6.45, 7) is -1.000. The highest BCUT2D eigenvalue weighted by Crippen LogP contribution is 2.19. The molecule has 27 heavy (non-hydrogen) atoms. The van der Waals surface area contributed by atoms with E-state index in [0.717, 1.165) is 5.56 Å². The number of carbonyl (C=O) groups excluding carboxylic acids is 1. The SMILES string of the molecule is [N-]=[N+]=N[C@@H](CCO)C(=O)NC(CSCc1cccc(OCCF)c1)C(=O)O. The Morgan fingerprint density at radius 3 is 2.85 bits per heavy atom. The summed E-state index contributed by atoms with van der Waals surface area (Å²) < 4.78 is 17.3. The van der Waals surface area contributed by atoms with Crippen molar-refractivity contribution in [3.8, 4) is 5.75 Å². The molecule has 0 heterocycles. The molecule has 2 atom stereocenters. The minimum absolute atomic E-state index is 0.0378. The van der Waals surface area contributed by atoms with E-state index in [-0.39, 0.29) is 25.4 Å². The van der Waals surface area contributed by atoms with Crippen LogP contribution in [-0.2, 0) is 15.3 Å². The standard InChI is InChI=1S/C16H21FN4O5S/c17-5-7-26-12-3-1-2-11(8-12)9-27-10-14(16(24)25)19-15(23)13(4-6-22)20-21-18/h1-3,8,13-14,22H,4-7,9-10H2,(H,19,23)(H,24,25)/t13-,14?/m0/s1. The Hall–Kier alpha value is -2.49. The van der Waals surface area contributed by atoms with Crippen molar-refractivity contribution in [3.63, 3.8) is 0 Å². The summed E-state index contributed by atoms with van der Waals surface area (Å²) in [4.78, 5) is 25.9. The number of carboxylic acids is 1. The van der Waals surface area contributed by atoms with Crippen molar-refractivity contribution in [2.75, 3.05) is 25.6 Å². The van der Waals surface area contributed by atoms with Gasteiger partial charge in [-0.15, -0.1) is 0 Å². The van der Waals surface area contributed by atoms with Gasteiger partial charge in [-0.25, -0.2) is 9.18 Å². The van der Waals surface area contributed by atoms with E-state index in [2.05, 4.69) is 15.3 Å². The van der Waals surface area contributed by atoms with Crippen LogP contribution in [0.1, 0.15) is 12.0 Å². The molecule has 11 heteroatoms. The Balaban J connectivity index is 2.59. The lowest BCUT2D eigenvalue weighted by Gasteiger charge is -2.17. The van der Waals surface area contributed by atoms with Crippen molar-refractivity contribution in [1.29, 1.82) is 0 Å². The Labute approximate surface area is 159 Å². The van der Waals surface area contributed by atoms with Gasteiger partial charge in [0.05, 0.1) is 0 Å². The first kappa shape index (κ1) is 22.6. The normalized spacial score (nSPS) is 12.5. The number of amides is 1. The van der Waals surface area contributed by atoms with E-state index < -0.39 is 30.6 Å². The van der Waals surface area contributed by atoms with Crippen LogP contribution in [0.3, 0.4) is 0 Å². The number of ether oxygens (including phenoxy) is 1. The number of rotatable bonds is 13. The van der Waals surface area contributed by atoms with Gasteiger partial charge in [-0.05, 0) is 29.6 Å². The number of aliphatic hydroxyl groups excluding tert-OH is 1. The number of alkyl halides is 1. The zero-order chi connectivity index (χ0) is 20.1. The molecule has 1 aromatic carbocycles. The van der Waals surface area contributed by atoms with Crippen LogP contribution in [0.15, 0.2) is 29.4 Å². The molecule has 0 spiro atoms. The van der Waals surface area contributed by atoms with E-state index in [4.69, 9.17) is 15.4 Å². The largest absolute Gasteiger partial charge is 0.491 e. The fraction of sp³-hybridized carbons (Fsp3) is 0.500. The minimum atomic E-state index is -1.22. The molecule has 1 amide bonds. The summed E-state index contributed by atoms with van der Waals surface area (Å²) in [6.07, 6.45) is -0.0962. The van der Waals surface area contributed by atoms with Crippen molar-refractivity contribution in [3.05, 3.63) is 40.3 Å². The molecule has 0 aromatic heterocycles. The third-order valence-electron chi connectivity index (χ3n) is 3.31. The van der Waals surface area contributed by atoms with Gasteiger partial charge >= 0.3 is 5.97 Å². The summed E-state index contributed by atoms with van der Waals surface area (Å²) in [5.41, 5.74) is 9.30. The van der Waals surface area contributed by atoms with E-state index in [1.54, 1.807) is 18.2 Å². The van der Waals surface area contributed by atoms with Crippen LogP contribution < -0.4 is 10.1 Å². The number of azide groups is 1. The first-order valence-corrected chi connectivity index (χ1v) is 9.21. The van der Waals surface area contributed by atoms with Gasteiger partial charge in [-0.1, -0.05) is 17.2 Å². The van der Waals surface area contributed by atoms with Gasteiger partial charge in [-0.3, -0.25) is 4.79 Å². The van der Waals surface area contributed by atoms with E-state index in [1.807, 2.05) is 6.07 Å². The van der Waals surface area contributed by atoms with Gasteiger partial charge in [-0.2, -0.15) is 11.8 Å². The smallest absolute Gasteiger partial charge is 0.327 e. The quantitative estimate of drug-likeness (QED) is 0.262. The molecular formula is C16H21FN4O5S. The zero-order valence-electron chi connectivity index (χ0n) is 14.5. The summed E-state index contributed by atoms with van der Waals surface area (Å²) in [7, 11) is 0. The summed E-state index contributed by atoms with van der Waals surface area (Å²) in [5.74, 6) is -0.909. The molecule has 0 bridgehead atoms. The second kappa shape index (κ2) is 12.8. The van der Waals surface area contributed by atoms with Crippen molar-refractivity contribution in [2.45, 2.75) is 24.3 Å². The van der Waals surface area contributed by atoms with Crippen LogP contribution in [-0.4, -0.2) is 59.8 Å². The average Bonchev–Trinajstić information content (AvgIpc) is 2.65. The third-order valence-corrected chi connectivity index (χ3v) is 4.41. The van der Waals surface area contributed by atoms with Gasteiger partial charge in [0.2, 0.25) is 5.91 Å². The molecule has 1 unspecified atom stereocenters. The lowest BCUT2D eigenvalue weighted by molar-refractivity contribution is -0.141. The molecule has 1 rings (SSSR count). The van der Waals surface area contributed by atoms with E-state index >= 15 is 0 Å². The van der Waals surface area contributed by atoms with Gasteiger partial charge in [0.25, 0.3) is 0 Å². The van der Waals surface area contributed by atoms with E-state index in [0.29, 0.717) is 11.5 Å². The third kappa shape index (κ3) is 8.63. The number of aliphatic carboxylic acids is 1. The topological polar surface area (TPSA) is 145 Å². The summed E-state index contributed by atoms with van der Waals surface area (Å²) in [5, 5.41) is 23.7. The predicted octanol–water partition coefficient (Wildman–Crippen LogP) is 1.90. The van der Waals surface area contributed by atoms with Crippen LogP contribution in [0.2, 0.25) is 0 Å². The number of hydrogen-bond acceptors (Lipinski definition) is 6. The maximum atomic E-state index is 12.1. The Morgan fingerprint density at radius 2 is 2.22 bits per heavy atom. The number of nitrogens with one attached hydrogen (secondary N) is 1. The van der Waals surface area contributed by atoms with E-state index in [9.17, 15) is 19.1 Å². The van der Waals surface area contributed by atoms with Crippen LogP contribution in [0, 0.1) is 0 Å². The number of nitrogens with zero attached hydrogens (tertiary/aromatic N) is 3. The highest BCUT2D eigenvalue weighted by molar-refractivity contribution is 7.98. The van der Waals surface area contributed by atoms with Gasteiger partial charge in [0.15, 0.2) is 0 Å². The second-order valence-electron chi connectivity index (χ2n) is 5.33. The number of thioether (sulfide) groups is 1. The molecule has 9 nitrogen and oxygen atoms in total. The fourth-order valence-corrected chi connectivity index (χ4v) is 3.04. The Bertz CT molecular complexity index is 672. The lowest BCUT2D eigenvalue weighted by atomic mass is 10.2. The van der Waals surface area contributed by atoms with Crippen LogP contribution in [0.5, 0.6) is 5.75 Å². The van der Waals surface area contributed by atoms with Crippen LogP contribution in [0.25, 0.3) is 10.4 Å². The molecule has 0 aliphatic carbocycles. The highest BCUT2D eigenvalue weighted by atomic mass is 32.2. The van der Waals surface area contributed by atoms with Crippen LogP contribution in [0.4, 0.5) is 4.39 Å². The first-order chi connectivity index (χ1) is 13.0. The van der Waals surface area contributed by atoms with Crippen molar-refractivity contribution in [1.82, 2.24) is 5.32 Å². The second-order valence-corrected chi connectivity index (χ2v) is 6.36. The van der Waals surface area contributed by atoms with Crippen LogP contribution >= 0.6 is 11.8 Å². The molecule has 0 aliphatic rings. The number of halogens is 1. The number of benzene rings is 1. The maximum Gasteiger partial charge on any atom is 0.327 e. The first-order valence-electron chi connectivity index (χ1n) is 8.05. The van der Waals surface area contributed by atoms with Crippen molar-refractivity contribution < 1.29 is 28.9 Å². The summed E-state index contributed by atoms with van der Waals surface area (Å²) >= 11 is 1.28. The molecule has 0 saturated heterocycles. The Kier molecular flexibility index (Phi) is 10.7. The summed E-state index contributed by atoms with van der Waals surface area (Å²) in [6, 6.07) is 4.65. The van der Waals surface area contributed by atoms with Crippen molar-refractivity contribution >= 4 is 23.6 Å². The molecular weight excluding hydrogens is 379 g/mol. The fourth-order valence-electron chi connectivity index (χ4n) is 2.04. The monoisotopic (exact) mass is 400 g/mol. The number of hydrogen-bond donors (Lipinski definition) is 3. The number of aliphatic hydroxyl groups is 1. The predicted molar refractivity (Wildman–Crippen MR) is 98.3 cm³/mol. The minimum Gasteiger partial charge on any atom is -0.491 e. The number of carboxylic acid groups (broad SMARTS) is 1. The molecule has 0 fully saturated rings. The Morgan fingerprint density at radius 1 is 1.44 bits per heavy atom. The molecule has 0 radical (unpaired) electrons. The maximum absolute atomic E-state index is 12.1. The van der Waals surface area contributed by atoms with Gasteiger partial charge < -0.3 is 20.3 Å². The number of carbonyl (C=O) groups is 2.